The Morgan fingerprint density at radius 2 is 1.07 bits per heavy atom. The number of carbonyl (C=O) groups excluding carboxylic acids is 2. The van der Waals surface area contributed by atoms with E-state index in [1.54, 1.807) is 0 Å². The molecule has 0 aromatic carbocycles. The molecule has 312 valence electrons. The molecule has 0 bridgehead atoms. The zero-order valence-electron chi connectivity index (χ0n) is 29.9. The van der Waals surface area contributed by atoms with Crippen molar-refractivity contribution in [2.75, 3.05) is 36.9 Å². The average Bonchev–Trinajstić information content (AvgIpc) is 3.80. The Balaban J connectivity index is 1.07. The van der Waals surface area contributed by atoms with Gasteiger partial charge in [0.1, 0.15) is 36.4 Å². The number of nitrogens with zero attached hydrogens (tertiary/aromatic N) is 10. The minimum Gasteiger partial charge on any atom is -0.463 e. The van der Waals surface area contributed by atoms with Crippen LogP contribution in [0.4, 0.5) is 38.0 Å². The highest BCUT2D eigenvalue weighted by molar-refractivity contribution is 5.93. The van der Waals surface area contributed by atoms with Crippen molar-refractivity contribution in [3.05, 3.63) is 48.3 Å². The highest BCUT2D eigenvalue weighted by Gasteiger charge is 2.27. The minimum absolute atomic E-state index is 0.0387. The number of nitrogens with one attached hydrogen (secondary N) is 4. The van der Waals surface area contributed by atoms with Crippen molar-refractivity contribution in [1.29, 1.82) is 0 Å². The van der Waals surface area contributed by atoms with Crippen LogP contribution in [-0.4, -0.2) is 113 Å². The molecular weight excluding hydrogens is 794 g/mol. The lowest BCUT2D eigenvalue weighted by Crippen LogP contribution is -2.26. The van der Waals surface area contributed by atoms with Crippen LogP contribution in [0.1, 0.15) is 37.3 Å². The number of anilines is 2. The second-order valence-corrected chi connectivity index (χ2v) is 11.2. The zero-order chi connectivity index (χ0) is 42.0. The second kappa shape index (κ2) is 21.2. The molecule has 0 saturated carbocycles. The molecule has 58 heavy (non-hydrogen) atoms. The lowest BCUT2D eigenvalue weighted by atomic mass is 10.2. The second-order valence-electron chi connectivity index (χ2n) is 11.2. The van der Waals surface area contributed by atoms with Crippen LogP contribution in [-0.2, 0) is 22.4 Å². The summed E-state index contributed by atoms with van der Waals surface area (Å²) in [5, 5.41) is 17.7. The van der Waals surface area contributed by atoms with Crippen LogP contribution >= 0.6 is 0 Å². The summed E-state index contributed by atoms with van der Waals surface area (Å²) in [5.41, 5.74) is 10.9. The molecule has 0 spiro atoms. The molecule has 28 heteroatoms. The Morgan fingerprint density at radius 1 is 0.655 bits per heavy atom. The molecular formula is C30H34F6N16O6. The number of H-pyrrole nitrogens is 2. The number of unbranched alkanes of at least 4 members (excludes halogenated alkanes) is 2. The summed E-state index contributed by atoms with van der Waals surface area (Å²) in [6.45, 7) is -2.52. The molecule has 0 radical (unpaired) electrons. The molecule has 4 rings (SSSR count). The molecule has 8 N–H and O–H groups in total. The zero-order valence-corrected chi connectivity index (χ0v) is 29.9. The van der Waals surface area contributed by atoms with Crippen molar-refractivity contribution in [1.82, 2.24) is 50.3 Å². The third-order valence-corrected chi connectivity index (χ3v) is 6.48. The summed E-state index contributed by atoms with van der Waals surface area (Å²) in [4.78, 5) is 54.6. The first kappa shape index (κ1) is 43.6. The van der Waals surface area contributed by atoms with Gasteiger partial charge in [-0.05, 0) is 37.8 Å². The van der Waals surface area contributed by atoms with Gasteiger partial charge in [-0.2, -0.15) is 46.3 Å². The number of alkyl halides is 6. The van der Waals surface area contributed by atoms with E-state index >= 15 is 0 Å². The molecule has 0 aliphatic carbocycles. The number of hydrogen-bond donors (Lipinski definition) is 6. The molecule has 0 aliphatic rings. The summed E-state index contributed by atoms with van der Waals surface area (Å²) >= 11 is 0. The van der Waals surface area contributed by atoms with E-state index in [-0.39, 0.29) is 48.9 Å². The number of aromatic amines is 2. The standard InChI is InChI=1S/C30H34F6N16O6/c31-29(32,33)15-41-23(37)43-17-9-11-39-25(45-17)55-13-3-1-5-19-47-27(51-49-19)57-21(53)7-8-22(54)58-28-48-20(50-52-28)6-2-4-14-56-26-40-12-10-18(46-26)44-24(38)42-16-30(34,35)36/h7-12H,1-6,13-16H2,(H,47,49,51)(H,48,50,52)(H3,37,39,41,43,45)(H3,38,40,42,44,46)/b8-7-. The van der Waals surface area contributed by atoms with E-state index in [4.69, 9.17) is 30.4 Å². The number of halogens is 6. The van der Waals surface area contributed by atoms with Crippen LogP contribution < -0.4 is 41.0 Å². The molecule has 0 saturated heterocycles. The van der Waals surface area contributed by atoms with Gasteiger partial charge in [-0.3, -0.25) is 10.2 Å². The lowest BCUT2D eigenvalue weighted by Gasteiger charge is -2.08. The smallest absolute Gasteiger partial charge is 0.408 e. The van der Waals surface area contributed by atoms with Crippen LogP contribution in [0.3, 0.4) is 0 Å². The summed E-state index contributed by atoms with van der Waals surface area (Å²) in [6, 6.07) is 2.09. The molecule has 0 unspecified atom stereocenters. The number of guanidine groups is 2. The molecule has 0 amide bonds. The van der Waals surface area contributed by atoms with Crippen LogP contribution in [0.15, 0.2) is 46.7 Å². The SMILES string of the molecule is NC(=NCC(F)(F)F)Nc1ccnc(OCCCCc2nc(OC(=O)/C=C\C(=O)Oc3n[nH]c(CCCCOc4nccc(NC(N)=NCC(F)(F)F)n4)n3)n[nH]2)n1. The van der Waals surface area contributed by atoms with Gasteiger partial charge in [0.15, 0.2) is 11.9 Å². The third-order valence-electron chi connectivity index (χ3n) is 6.48. The Morgan fingerprint density at radius 3 is 1.47 bits per heavy atom. The van der Waals surface area contributed by atoms with Crippen molar-refractivity contribution in [3.63, 3.8) is 0 Å². The van der Waals surface area contributed by atoms with Gasteiger partial charge in [-0.25, -0.2) is 29.5 Å². The average molecular weight is 829 g/mol. The number of nitrogens with two attached hydrogens (primary N) is 2. The number of esters is 2. The summed E-state index contributed by atoms with van der Waals surface area (Å²) in [5.74, 6) is -1.92. The van der Waals surface area contributed by atoms with Crippen LogP contribution in [0.2, 0.25) is 0 Å². The van der Waals surface area contributed by atoms with Gasteiger partial charge < -0.3 is 41.0 Å². The van der Waals surface area contributed by atoms with E-state index in [1.807, 2.05) is 0 Å². The van der Waals surface area contributed by atoms with Crippen molar-refractivity contribution < 1.29 is 54.9 Å². The molecule has 0 aliphatic heterocycles. The van der Waals surface area contributed by atoms with Crippen LogP contribution in [0.5, 0.6) is 24.0 Å². The minimum atomic E-state index is -4.50. The van der Waals surface area contributed by atoms with Crippen molar-refractivity contribution in [2.24, 2.45) is 21.5 Å². The molecule has 4 aromatic heterocycles. The molecule has 4 aromatic rings. The number of aryl methyl sites for hydroxylation is 2. The van der Waals surface area contributed by atoms with Crippen molar-refractivity contribution >= 4 is 35.5 Å². The maximum atomic E-state index is 12.3. The third kappa shape index (κ3) is 17.5. The fourth-order valence-corrected chi connectivity index (χ4v) is 4.02. The summed E-state index contributed by atoms with van der Waals surface area (Å²) < 4.78 is 94.6. The fraction of sp³-hybridized carbons (Fsp3) is 0.400. The highest BCUT2D eigenvalue weighted by Crippen LogP contribution is 2.16. The quantitative estimate of drug-likeness (QED) is 0.0185. The van der Waals surface area contributed by atoms with Crippen LogP contribution in [0, 0.1) is 0 Å². The Bertz CT molecular complexity index is 1900. The number of aliphatic imine (C=N–C) groups is 2. The van der Waals surface area contributed by atoms with Gasteiger partial charge >= 0.3 is 48.3 Å². The van der Waals surface area contributed by atoms with Gasteiger partial charge in [0.25, 0.3) is 0 Å². The van der Waals surface area contributed by atoms with E-state index < -0.39 is 49.3 Å². The molecule has 0 atom stereocenters. The maximum absolute atomic E-state index is 12.3. The number of aromatic nitrogens is 10. The molecule has 4 heterocycles. The monoisotopic (exact) mass is 828 g/mol. The fourth-order valence-electron chi connectivity index (χ4n) is 4.02. The van der Waals surface area contributed by atoms with Gasteiger partial charge in [0.2, 0.25) is 0 Å². The predicted molar refractivity (Wildman–Crippen MR) is 186 cm³/mol. The number of rotatable bonds is 20. The summed E-state index contributed by atoms with van der Waals surface area (Å²) in [6.07, 6.45) is -1.83. The Hall–Kier alpha value is -7.16. The summed E-state index contributed by atoms with van der Waals surface area (Å²) in [7, 11) is 0. The van der Waals surface area contributed by atoms with Crippen molar-refractivity contribution in [2.45, 2.75) is 50.9 Å². The van der Waals surface area contributed by atoms with Gasteiger partial charge in [-0.15, -0.1) is 10.2 Å². The highest BCUT2D eigenvalue weighted by atomic mass is 19.4. The van der Waals surface area contributed by atoms with Gasteiger partial charge in [-0.1, -0.05) is 0 Å². The lowest BCUT2D eigenvalue weighted by molar-refractivity contribution is -0.132. The maximum Gasteiger partial charge on any atom is 0.408 e. The Labute approximate surface area is 322 Å². The molecule has 0 fully saturated rings. The van der Waals surface area contributed by atoms with E-state index in [9.17, 15) is 35.9 Å². The normalized spacial score (nSPS) is 12.4. The largest absolute Gasteiger partial charge is 0.463 e. The van der Waals surface area contributed by atoms with Crippen molar-refractivity contribution in [3.8, 4) is 24.0 Å². The first-order valence-corrected chi connectivity index (χ1v) is 16.7. The Kier molecular flexibility index (Phi) is 15.9. The predicted octanol–water partition coefficient (Wildman–Crippen LogP) is 1.95. The molecule has 22 nitrogen and oxygen atoms in total. The number of hydrogen-bond acceptors (Lipinski definition) is 16. The first-order valence-electron chi connectivity index (χ1n) is 16.7. The van der Waals surface area contributed by atoms with Gasteiger partial charge in [0, 0.05) is 37.4 Å². The number of ether oxygens (including phenoxy) is 4. The van der Waals surface area contributed by atoms with Crippen LogP contribution in [0.25, 0.3) is 0 Å². The van der Waals surface area contributed by atoms with E-state index in [0.29, 0.717) is 50.2 Å². The first-order chi connectivity index (χ1) is 27.6. The number of carbonyl (C=O) groups is 2. The topological polar surface area (TPSA) is 307 Å². The van der Waals surface area contributed by atoms with E-state index in [1.165, 1.54) is 24.5 Å². The van der Waals surface area contributed by atoms with E-state index in [0.717, 1.165) is 12.2 Å². The van der Waals surface area contributed by atoms with Gasteiger partial charge in [0.05, 0.1) is 13.2 Å². The van der Waals surface area contributed by atoms with E-state index in [2.05, 4.69) is 70.9 Å².